The molecule has 0 saturated heterocycles. The van der Waals surface area contributed by atoms with E-state index in [1.54, 1.807) is 0 Å². The Balaban J connectivity index is 1.84. The molecule has 3 nitrogen and oxygen atoms in total. The number of hydrogen-bond donors (Lipinski definition) is 2. The van der Waals surface area contributed by atoms with Gasteiger partial charge in [-0.15, -0.1) is 0 Å². The second-order valence-corrected chi connectivity index (χ2v) is 4.38. The van der Waals surface area contributed by atoms with Gasteiger partial charge in [-0.25, -0.2) is 0 Å². The van der Waals surface area contributed by atoms with Gasteiger partial charge < -0.3 is 15.8 Å². The molecular weight excluding hydrogens is 236 g/mol. The van der Waals surface area contributed by atoms with Crippen molar-refractivity contribution in [3.05, 3.63) is 60.2 Å². The Hall–Kier alpha value is -1.84. The largest absolute Gasteiger partial charge is 0.457 e. The van der Waals surface area contributed by atoms with Crippen molar-refractivity contribution in [3.8, 4) is 11.5 Å². The van der Waals surface area contributed by atoms with Gasteiger partial charge in [0, 0.05) is 6.54 Å². The van der Waals surface area contributed by atoms with E-state index in [1.165, 1.54) is 5.56 Å². The lowest BCUT2D eigenvalue weighted by Crippen LogP contribution is -2.17. The Morgan fingerprint density at radius 2 is 1.58 bits per heavy atom. The van der Waals surface area contributed by atoms with E-state index in [1.807, 2.05) is 42.5 Å². The molecule has 0 radical (unpaired) electrons. The summed E-state index contributed by atoms with van der Waals surface area (Å²) < 4.78 is 5.74. The quantitative estimate of drug-likeness (QED) is 0.749. The summed E-state index contributed by atoms with van der Waals surface area (Å²) in [5, 5.41) is 3.35. The van der Waals surface area contributed by atoms with Gasteiger partial charge in [-0.1, -0.05) is 30.3 Å². The third-order valence-corrected chi connectivity index (χ3v) is 2.79. The van der Waals surface area contributed by atoms with Crippen LogP contribution in [-0.4, -0.2) is 13.1 Å². The van der Waals surface area contributed by atoms with E-state index >= 15 is 0 Å². The molecule has 0 amide bonds. The van der Waals surface area contributed by atoms with Crippen molar-refractivity contribution in [3.63, 3.8) is 0 Å². The van der Waals surface area contributed by atoms with Gasteiger partial charge in [0.1, 0.15) is 11.5 Å². The van der Waals surface area contributed by atoms with Gasteiger partial charge >= 0.3 is 0 Å². The highest BCUT2D eigenvalue weighted by molar-refractivity contribution is 5.32. The average molecular weight is 256 g/mol. The molecule has 0 aliphatic carbocycles. The maximum atomic E-state index is 5.74. The van der Waals surface area contributed by atoms with Crippen LogP contribution >= 0.6 is 0 Å². The van der Waals surface area contributed by atoms with Crippen molar-refractivity contribution in [1.82, 2.24) is 5.32 Å². The summed E-state index contributed by atoms with van der Waals surface area (Å²) in [6, 6.07) is 17.9. The highest BCUT2D eigenvalue weighted by Gasteiger charge is 1.97. The van der Waals surface area contributed by atoms with Crippen LogP contribution in [0.4, 0.5) is 0 Å². The molecule has 100 valence electrons. The normalized spacial score (nSPS) is 10.4. The fourth-order valence-corrected chi connectivity index (χ4v) is 1.76. The average Bonchev–Trinajstić information content (AvgIpc) is 2.46. The third kappa shape index (κ3) is 4.73. The highest BCUT2D eigenvalue weighted by atomic mass is 16.5. The number of benzene rings is 2. The molecule has 3 N–H and O–H groups in total. The minimum Gasteiger partial charge on any atom is -0.457 e. The predicted octanol–water partition coefficient (Wildman–Crippen LogP) is 2.92. The van der Waals surface area contributed by atoms with E-state index in [0.717, 1.165) is 37.6 Å². The van der Waals surface area contributed by atoms with Crippen LogP contribution in [0.2, 0.25) is 0 Å². The van der Waals surface area contributed by atoms with Crippen molar-refractivity contribution in [2.45, 2.75) is 13.0 Å². The van der Waals surface area contributed by atoms with Crippen LogP contribution in [0, 0.1) is 0 Å². The number of ether oxygens (including phenoxy) is 1. The zero-order valence-corrected chi connectivity index (χ0v) is 11.0. The monoisotopic (exact) mass is 256 g/mol. The van der Waals surface area contributed by atoms with Crippen LogP contribution in [0.3, 0.4) is 0 Å². The minimum atomic E-state index is 0.733. The zero-order chi connectivity index (χ0) is 13.3. The summed E-state index contributed by atoms with van der Waals surface area (Å²) >= 11 is 0. The van der Waals surface area contributed by atoms with Crippen LogP contribution in [0.1, 0.15) is 12.0 Å². The molecule has 2 rings (SSSR count). The molecule has 0 unspecified atom stereocenters. The van der Waals surface area contributed by atoms with E-state index < -0.39 is 0 Å². The predicted molar refractivity (Wildman–Crippen MR) is 78.3 cm³/mol. The Labute approximate surface area is 114 Å². The molecule has 0 spiro atoms. The molecule has 0 heterocycles. The van der Waals surface area contributed by atoms with E-state index in [-0.39, 0.29) is 0 Å². The first-order valence-electron chi connectivity index (χ1n) is 6.61. The molecular formula is C16H20N2O. The number of rotatable bonds is 7. The van der Waals surface area contributed by atoms with Crippen molar-refractivity contribution in [2.24, 2.45) is 5.73 Å². The second kappa shape index (κ2) is 7.56. The van der Waals surface area contributed by atoms with Crippen molar-refractivity contribution in [1.29, 1.82) is 0 Å². The first-order valence-corrected chi connectivity index (χ1v) is 6.61. The lowest BCUT2D eigenvalue weighted by molar-refractivity contribution is 0.482. The van der Waals surface area contributed by atoms with Gasteiger partial charge in [0.15, 0.2) is 0 Å². The molecule has 0 aliphatic heterocycles. The van der Waals surface area contributed by atoms with Crippen LogP contribution in [0.15, 0.2) is 54.6 Å². The molecule has 0 bridgehead atoms. The fourth-order valence-electron chi connectivity index (χ4n) is 1.76. The highest BCUT2D eigenvalue weighted by Crippen LogP contribution is 2.20. The first kappa shape index (κ1) is 13.6. The molecule has 3 heteroatoms. The Kier molecular flexibility index (Phi) is 5.41. The van der Waals surface area contributed by atoms with Gasteiger partial charge in [-0.2, -0.15) is 0 Å². The van der Waals surface area contributed by atoms with E-state index in [0.29, 0.717) is 0 Å². The maximum absolute atomic E-state index is 5.74. The maximum Gasteiger partial charge on any atom is 0.127 e. The van der Waals surface area contributed by atoms with Crippen LogP contribution < -0.4 is 15.8 Å². The third-order valence-electron chi connectivity index (χ3n) is 2.79. The molecule has 2 aromatic carbocycles. The molecule has 19 heavy (non-hydrogen) atoms. The number of nitrogens with one attached hydrogen (secondary N) is 1. The molecule has 0 atom stereocenters. The van der Waals surface area contributed by atoms with Gasteiger partial charge in [0.2, 0.25) is 0 Å². The standard InChI is InChI=1S/C16H20N2O/c17-11-4-12-18-13-14-7-9-16(10-8-14)19-15-5-2-1-3-6-15/h1-3,5-10,18H,4,11-13,17H2. The Morgan fingerprint density at radius 3 is 2.26 bits per heavy atom. The summed E-state index contributed by atoms with van der Waals surface area (Å²) in [6.07, 6.45) is 1.01. The Bertz CT molecular complexity index is 468. The minimum absolute atomic E-state index is 0.733. The van der Waals surface area contributed by atoms with E-state index in [4.69, 9.17) is 10.5 Å². The van der Waals surface area contributed by atoms with Crippen LogP contribution in [0.25, 0.3) is 0 Å². The molecule has 0 aromatic heterocycles. The summed E-state index contributed by atoms with van der Waals surface area (Å²) in [6.45, 7) is 2.56. The summed E-state index contributed by atoms with van der Waals surface area (Å²) in [5.41, 5.74) is 6.69. The Morgan fingerprint density at radius 1 is 0.895 bits per heavy atom. The lowest BCUT2D eigenvalue weighted by atomic mass is 10.2. The van der Waals surface area contributed by atoms with Gasteiger partial charge in [-0.05, 0) is 49.3 Å². The van der Waals surface area contributed by atoms with Crippen molar-refractivity contribution in [2.75, 3.05) is 13.1 Å². The number of nitrogens with two attached hydrogens (primary N) is 1. The lowest BCUT2D eigenvalue weighted by Gasteiger charge is -2.07. The van der Waals surface area contributed by atoms with Crippen molar-refractivity contribution >= 4 is 0 Å². The second-order valence-electron chi connectivity index (χ2n) is 4.38. The molecule has 0 aliphatic rings. The fraction of sp³-hybridized carbons (Fsp3) is 0.250. The first-order chi connectivity index (χ1) is 9.38. The zero-order valence-electron chi connectivity index (χ0n) is 11.0. The number of hydrogen-bond acceptors (Lipinski definition) is 3. The SMILES string of the molecule is NCCCNCc1ccc(Oc2ccccc2)cc1. The molecule has 0 saturated carbocycles. The van der Waals surface area contributed by atoms with Crippen LogP contribution in [0.5, 0.6) is 11.5 Å². The van der Waals surface area contributed by atoms with E-state index in [2.05, 4.69) is 17.4 Å². The van der Waals surface area contributed by atoms with Gasteiger partial charge in [-0.3, -0.25) is 0 Å². The van der Waals surface area contributed by atoms with Gasteiger partial charge in [0.05, 0.1) is 0 Å². The summed E-state index contributed by atoms with van der Waals surface area (Å²) in [7, 11) is 0. The van der Waals surface area contributed by atoms with Crippen LogP contribution in [-0.2, 0) is 6.54 Å². The molecule has 0 fully saturated rings. The van der Waals surface area contributed by atoms with E-state index in [9.17, 15) is 0 Å². The summed E-state index contributed by atoms with van der Waals surface area (Å²) in [4.78, 5) is 0. The smallest absolute Gasteiger partial charge is 0.127 e. The molecule has 2 aromatic rings. The van der Waals surface area contributed by atoms with Crippen molar-refractivity contribution < 1.29 is 4.74 Å². The number of para-hydroxylation sites is 1. The summed E-state index contributed by atoms with van der Waals surface area (Å²) in [5.74, 6) is 1.72. The van der Waals surface area contributed by atoms with Gasteiger partial charge in [0.25, 0.3) is 0 Å². The topological polar surface area (TPSA) is 47.3 Å².